The van der Waals surface area contributed by atoms with Gasteiger partial charge in [-0.1, -0.05) is 15.9 Å². The fourth-order valence-corrected chi connectivity index (χ4v) is 1.62. The number of rotatable bonds is 4. The summed E-state index contributed by atoms with van der Waals surface area (Å²) >= 11 is 4.19. The molecule has 0 spiro atoms. The van der Waals surface area contributed by atoms with Gasteiger partial charge in [-0.05, 0) is 6.92 Å². The predicted molar refractivity (Wildman–Crippen MR) is 60.5 cm³/mol. The van der Waals surface area contributed by atoms with E-state index in [0.717, 1.165) is 0 Å². The van der Waals surface area contributed by atoms with Gasteiger partial charge in [0, 0.05) is 5.38 Å². The number of anilines is 1. The number of nitrogens with one attached hydrogen (secondary N) is 1. The minimum absolute atomic E-state index is 0.196. The van der Waals surface area contributed by atoms with Gasteiger partial charge in [0.2, 0.25) is 5.91 Å². The van der Waals surface area contributed by atoms with Gasteiger partial charge in [0.25, 0.3) is 0 Å². The van der Waals surface area contributed by atoms with E-state index in [4.69, 9.17) is 4.74 Å². The molecule has 1 heterocycles. The Hall–Kier alpha value is -0.950. The molecular formula is C8H9BrN2O3S. The Morgan fingerprint density at radius 3 is 3.00 bits per heavy atom. The van der Waals surface area contributed by atoms with Gasteiger partial charge in [-0.3, -0.25) is 4.79 Å². The maximum absolute atomic E-state index is 11.2. The first-order valence-electron chi connectivity index (χ1n) is 4.15. The highest BCUT2D eigenvalue weighted by atomic mass is 79.9. The van der Waals surface area contributed by atoms with Gasteiger partial charge in [0.05, 0.1) is 11.9 Å². The molecule has 1 aromatic rings. The SMILES string of the molecule is CCOC(=O)c1csc(NC(=O)CBr)n1. The summed E-state index contributed by atoms with van der Waals surface area (Å²) in [6, 6.07) is 0. The highest BCUT2D eigenvalue weighted by Crippen LogP contribution is 2.16. The number of nitrogens with zero attached hydrogens (tertiary/aromatic N) is 1. The van der Waals surface area contributed by atoms with Crippen LogP contribution in [0.1, 0.15) is 17.4 Å². The molecule has 0 radical (unpaired) electrons. The zero-order chi connectivity index (χ0) is 11.3. The molecule has 0 saturated heterocycles. The molecule has 0 saturated carbocycles. The van der Waals surface area contributed by atoms with Gasteiger partial charge in [-0.15, -0.1) is 11.3 Å². The van der Waals surface area contributed by atoms with Gasteiger partial charge in [-0.2, -0.15) is 0 Å². The molecular weight excluding hydrogens is 284 g/mol. The lowest BCUT2D eigenvalue weighted by Gasteiger charge is -1.97. The predicted octanol–water partition coefficient (Wildman–Crippen LogP) is 1.65. The Balaban J connectivity index is 2.63. The summed E-state index contributed by atoms with van der Waals surface area (Å²) in [5.74, 6) is -0.687. The van der Waals surface area contributed by atoms with E-state index < -0.39 is 5.97 Å². The molecule has 0 fully saturated rings. The number of alkyl halides is 1. The maximum Gasteiger partial charge on any atom is 0.357 e. The molecule has 5 nitrogen and oxygen atoms in total. The lowest BCUT2D eigenvalue weighted by atomic mass is 10.5. The number of amides is 1. The minimum Gasteiger partial charge on any atom is -0.461 e. The van der Waals surface area contributed by atoms with Crippen molar-refractivity contribution in [3.63, 3.8) is 0 Å². The Morgan fingerprint density at radius 1 is 1.67 bits per heavy atom. The van der Waals surface area contributed by atoms with Gasteiger partial charge < -0.3 is 10.1 Å². The van der Waals surface area contributed by atoms with Crippen molar-refractivity contribution >= 4 is 44.3 Å². The van der Waals surface area contributed by atoms with E-state index >= 15 is 0 Å². The Bertz CT molecular complexity index is 367. The van der Waals surface area contributed by atoms with Crippen molar-refractivity contribution in [2.24, 2.45) is 0 Å². The summed E-state index contributed by atoms with van der Waals surface area (Å²) in [4.78, 5) is 26.1. The largest absolute Gasteiger partial charge is 0.461 e. The average Bonchev–Trinajstić information content (AvgIpc) is 2.66. The molecule has 0 aliphatic heterocycles. The number of esters is 1. The molecule has 0 aliphatic carbocycles. The average molecular weight is 293 g/mol. The molecule has 1 amide bonds. The summed E-state index contributed by atoms with van der Waals surface area (Å²) in [6.07, 6.45) is 0. The van der Waals surface area contributed by atoms with Crippen molar-refractivity contribution < 1.29 is 14.3 Å². The fraction of sp³-hybridized carbons (Fsp3) is 0.375. The normalized spacial score (nSPS) is 9.73. The van der Waals surface area contributed by atoms with Crippen LogP contribution < -0.4 is 5.32 Å². The zero-order valence-corrected chi connectivity index (χ0v) is 10.4. The zero-order valence-electron chi connectivity index (χ0n) is 7.95. The van der Waals surface area contributed by atoms with Crippen LogP contribution in [-0.4, -0.2) is 28.8 Å². The van der Waals surface area contributed by atoms with Crippen molar-refractivity contribution in [1.29, 1.82) is 0 Å². The van der Waals surface area contributed by atoms with E-state index in [1.807, 2.05) is 0 Å². The van der Waals surface area contributed by atoms with Crippen molar-refractivity contribution in [3.05, 3.63) is 11.1 Å². The molecule has 1 N–H and O–H groups in total. The standard InChI is InChI=1S/C8H9BrN2O3S/c1-2-14-7(13)5-4-15-8(10-5)11-6(12)3-9/h4H,2-3H2,1H3,(H,10,11,12). The summed E-state index contributed by atoms with van der Waals surface area (Å²) < 4.78 is 4.76. The summed E-state index contributed by atoms with van der Waals surface area (Å²) in [5, 5.41) is 4.65. The van der Waals surface area contributed by atoms with Gasteiger partial charge in [0.15, 0.2) is 10.8 Å². The number of hydrogen-bond acceptors (Lipinski definition) is 5. The van der Waals surface area contributed by atoms with Crippen molar-refractivity contribution in [2.45, 2.75) is 6.92 Å². The van der Waals surface area contributed by atoms with Crippen LogP contribution in [0.25, 0.3) is 0 Å². The van der Waals surface area contributed by atoms with Crippen LogP contribution in [0, 0.1) is 0 Å². The molecule has 0 aliphatic rings. The second kappa shape index (κ2) is 5.82. The van der Waals surface area contributed by atoms with E-state index in [1.165, 1.54) is 11.3 Å². The molecule has 0 bridgehead atoms. The van der Waals surface area contributed by atoms with Gasteiger partial charge in [0.1, 0.15) is 0 Å². The monoisotopic (exact) mass is 292 g/mol. The Morgan fingerprint density at radius 2 is 2.40 bits per heavy atom. The van der Waals surface area contributed by atoms with Crippen LogP contribution in [0.15, 0.2) is 5.38 Å². The van der Waals surface area contributed by atoms with Gasteiger partial charge in [-0.25, -0.2) is 9.78 Å². The topological polar surface area (TPSA) is 68.3 Å². The van der Waals surface area contributed by atoms with Gasteiger partial charge >= 0.3 is 5.97 Å². The number of aromatic nitrogens is 1. The van der Waals surface area contributed by atoms with Crippen LogP contribution in [0.2, 0.25) is 0 Å². The molecule has 0 aromatic carbocycles. The van der Waals surface area contributed by atoms with Crippen LogP contribution in [0.5, 0.6) is 0 Å². The highest BCUT2D eigenvalue weighted by Gasteiger charge is 2.12. The third-order valence-corrected chi connectivity index (χ3v) is 2.62. The minimum atomic E-state index is -0.479. The molecule has 0 unspecified atom stereocenters. The first kappa shape index (κ1) is 12.1. The second-order valence-corrected chi connectivity index (χ2v) is 3.86. The first-order valence-corrected chi connectivity index (χ1v) is 6.16. The number of carbonyl (C=O) groups excluding carboxylic acids is 2. The molecule has 15 heavy (non-hydrogen) atoms. The molecule has 7 heteroatoms. The van der Waals surface area contributed by atoms with E-state index in [-0.39, 0.29) is 16.9 Å². The lowest BCUT2D eigenvalue weighted by molar-refractivity contribution is -0.113. The molecule has 82 valence electrons. The van der Waals surface area contributed by atoms with E-state index in [9.17, 15) is 9.59 Å². The number of halogens is 1. The highest BCUT2D eigenvalue weighted by molar-refractivity contribution is 9.09. The summed E-state index contributed by atoms with van der Waals surface area (Å²) in [6.45, 7) is 2.03. The Kier molecular flexibility index (Phi) is 4.70. The van der Waals surface area contributed by atoms with Crippen LogP contribution in [-0.2, 0) is 9.53 Å². The van der Waals surface area contributed by atoms with Crippen LogP contribution >= 0.6 is 27.3 Å². The second-order valence-electron chi connectivity index (χ2n) is 2.44. The third kappa shape index (κ3) is 3.60. The van der Waals surface area contributed by atoms with E-state index in [0.29, 0.717) is 11.7 Å². The lowest BCUT2D eigenvalue weighted by Crippen LogP contribution is -2.12. The van der Waals surface area contributed by atoms with Crippen molar-refractivity contribution in [1.82, 2.24) is 4.98 Å². The van der Waals surface area contributed by atoms with E-state index in [1.54, 1.807) is 12.3 Å². The first-order chi connectivity index (χ1) is 7.17. The molecule has 0 atom stereocenters. The fourth-order valence-electron chi connectivity index (χ4n) is 0.783. The summed E-state index contributed by atoms with van der Waals surface area (Å²) in [7, 11) is 0. The quantitative estimate of drug-likeness (QED) is 0.677. The summed E-state index contributed by atoms with van der Waals surface area (Å²) in [5.41, 5.74) is 0.215. The smallest absolute Gasteiger partial charge is 0.357 e. The Labute approximate surface area is 99.0 Å². The number of thiazole rings is 1. The molecule has 1 rings (SSSR count). The van der Waals surface area contributed by atoms with Crippen molar-refractivity contribution in [2.75, 3.05) is 17.3 Å². The number of hydrogen-bond donors (Lipinski definition) is 1. The third-order valence-electron chi connectivity index (χ3n) is 1.36. The molecule has 1 aromatic heterocycles. The van der Waals surface area contributed by atoms with Crippen LogP contribution in [0.3, 0.4) is 0 Å². The van der Waals surface area contributed by atoms with E-state index in [2.05, 4.69) is 26.2 Å². The number of ether oxygens (including phenoxy) is 1. The van der Waals surface area contributed by atoms with Crippen molar-refractivity contribution in [3.8, 4) is 0 Å². The maximum atomic E-state index is 11.2. The number of carbonyl (C=O) groups is 2. The van der Waals surface area contributed by atoms with Crippen LogP contribution in [0.4, 0.5) is 5.13 Å².